The van der Waals surface area contributed by atoms with Gasteiger partial charge in [-0.05, 0) is 60.5 Å². The Morgan fingerprint density at radius 3 is 2.40 bits per heavy atom. The Labute approximate surface area is 180 Å². The molecule has 0 heterocycles. The van der Waals surface area contributed by atoms with Gasteiger partial charge in [0.15, 0.2) is 0 Å². The Hall–Kier alpha value is -3.03. The monoisotopic (exact) mass is 444 g/mol. The van der Waals surface area contributed by atoms with E-state index in [-0.39, 0.29) is 10.6 Å². The van der Waals surface area contributed by atoms with Crippen LogP contribution in [0.15, 0.2) is 71.6 Å². The number of ether oxygens (including phenoxy) is 1. The van der Waals surface area contributed by atoms with Crippen LogP contribution in [0.3, 0.4) is 0 Å². The topological polar surface area (TPSA) is 84.5 Å². The Morgan fingerprint density at radius 2 is 1.77 bits per heavy atom. The van der Waals surface area contributed by atoms with E-state index in [1.165, 1.54) is 31.4 Å². The molecule has 8 heteroatoms. The van der Waals surface area contributed by atoms with Crippen LogP contribution in [0.2, 0.25) is 5.02 Å². The molecule has 1 amide bonds. The molecule has 2 N–H and O–H groups in total. The van der Waals surface area contributed by atoms with E-state index in [0.29, 0.717) is 22.0 Å². The summed E-state index contributed by atoms with van der Waals surface area (Å²) in [6.07, 6.45) is 0.862. The molecule has 0 atom stereocenters. The van der Waals surface area contributed by atoms with Crippen molar-refractivity contribution in [3.05, 3.63) is 82.9 Å². The molecule has 3 aromatic carbocycles. The Balaban J connectivity index is 1.87. The molecule has 6 nitrogen and oxygen atoms in total. The Bertz CT molecular complexity index is 1160. The maximum atomic E-state index is 12.8. The number of carbonyl (C=O) groups is 1. The highest BCUT2D eigenvalue weighted by Gasteiger charge is 2.18. The zero-order chi connectivity index (χ0) is 21.7. The number of methoxy groups -OCH3 is 1. The summed E-state index contributed by atoms with van der Waals surface area (Å²) < 4.78 is 33.5. The number of rotatable bonds is 7. The van der Waals surface area contributed by atoms with Crippen molar-refractivity contribution in [3.8, 4) is 5.75 Å². The smallest absolute Gasteiger partial charge is 0.261 e. The number of amides is 1. The minimum absolute atomic E-state index is 0.00994. The molecule has 0 aromatic heterocycles. The van der Waals surface area contributed by atoms with Crippen molar-refractivity contribution in [1.29, 1.82) is 0 Å². The van der Waals surface area contributed by atoms with Gasteiger partial charge in [-0.25, -0.2) is 8.42 Å². The van der Waals surface area contributed by atoms with Crippen LogP contribution in [0, 0.1) is 0 Å². The van der Waals surface area contributed by atoms with E-state index in [2.05, 4.69) is 10.0 Å². The number of anilines is 2. The first-order valence-corrected chi connectivity index (χ1v) is 11.0. The number of hydrogen-bond donors (Lipinski definition) is 2. The third-order valence-electron chi connectivity index (χ3n) is 4.43. The summed E-state index contributed by atoms with van der Waals surface area (Å²) >= 11 is 5.94. The predicted octanol–water partition coefficient (Wildman–Crippen LogP) is 4.96. The SMILES string of the molecule is CCc1ccc(NS(=O)(=O)c2ccc(OC)c(NC(=O)c3cccc(Cl)c3)c2)cc1. The van der Waals surface area contributed by atoms with Gasteiger partial charge in [0, 0.05) is 16.3 Å². The Kier molecular flexibility index (Phi) is 6.64. The van der Waals surface area contributed by atoms with E-state index in [9.17, 15) is 13.2 Å². The van der Waals surface area contributed by atoms with Gasteiger partial charge < -0.3 is 10.1 Å². The third-order valence-corrected chi connectivity index (χ3v) is 6.04. The summed E-state index contributed by atoms with van der Waals surface area (Å²) in [7, 11) is -2.43. The maximum absolute atomic E-state index is 12.8. The van der Waals surface area contributed by atoms with Gasteiger partial charge in [0.25, 0.3) is 15.9 Å². The molecule has 0 saturated heterocycles. The van der Waals surface area contributed by atoms with Crippen LogP contribution in [0.4, 0.5) is 11.4 Å². The fourth-order valence-electron chi connectivity index (χ4n) is 2.80. The van der Waals surface area contributed by atoms with Crippen LogP contribution in [-0.2, 0) is 16.4 Å². The lowest BCUT2D eigenvalue weighted by atomic mass is 10.2. The highest BCUT2D eigenvalue weighted by molar-refractivity contribution is 7.92. The van der Waals surface area contributed by atoms with Crippen molar-refractivity contribution in [3.63, 3.8) is 0 Å². The van der Waals surface area contributed by atoms with Gasteiger partial charge in [-0.15, -0.1) is 0 Å². The highest BCUT2D eigenvalue weighted by atomic mass is 35.5. The van der Waals surface area contributed by atoms with Gasteiger partial charge in [0.05, 0.1) is 17.7 Å². The second kappa shape index (κ2) is 9.19. The predicted molar refractivity (Wildman–Crippen MR) is 119 cm³/mol. The molecule has 0 radical (unpaired) electrons. The molecule has 3 rings (SSSR count). The summed E-state index contributed by atoms with van der Waals surface area (Å²) in [5, 5.41) is 3.10. The van der Waals surface area contributed by atoms with E-state index in [4.69, 9.17) is 16.3 Å². The molecule has 30 heavy (non-hydrogen) atoms. The maximum Gasteiger partial charge on any atom is 0.261 e. The number of benzene rings is 3. The molecule has 0 fully saturated rings. The number of sulfonamides is 1. The van der Waals surface area contributed by atoms with Crippen LogP contribution in [0.25, 0.3) is 0 Å². The van der Waals surface area contributed by atoms with E-state index in [1.807, 2.05) is 19.1 Å². The number of halogens is 1. The molecule has 0 spiro atoms. The minimum Gasteiger partial charge on any atom is -0.495 e. The second-order valence-electron chi connectivity index (χ2n) is 6.48. The second-order valence-corrected chi connectivity index (χ2v) is 8.60. The van der Waals surface area contributed by atoms with Gasteiger partial charge in [-0.3, -0.25) is 9.52 Å². The molecule has 0 aliphatic heterocycles. The first-order valence-electron chi connectivity index (χ1n) is 9.19. The molecule has 0 aliphatic carbocycles. The van der Waals surface area contributed by atoms with E-state index < -0.39 is 15.9 Å². The van der Waals surface area contributed by atoms with Gasteiger partial charge in [-0.1, -0.05) is 36.7 Å². The Morgan fingerprint density at radius 1 is 1.03 bits per heavy atom. The van der Waals surface area contributed by atoms with Crippen molar-refractivity contribution in [1.82, 2.24) is 0 Å². The van der Waals surface area contributed by atoms with Crippen molar-refractivity contribution in [2.24, 2.45) is 0 Å². The summed E-state index contributed by atoms with van der Waals surface area (Å²) in [6, 6.07) is 17.8. The quantitative estimate of drug-likeness (QED) is 0.539. The van der Waals surface area contributed by atoms with E-state index in [1.54, 1.807) is 30.3 Å². The average molecular weight is 445 g/mol. The standard InChI is InChI=1S/C22H21ClN2O4S/c1-3-15-7-9-18(10-8-15)25-30(27,28)19-11-12-21(29-2)20(14-19)24-22(26)16-5-4-6-17(23)13-16/h4-14,25H,3H2,1-2H3,(H,24,26). The molecule has 0 saturated carbocycles. The van der Waals surface area contributed by atoms with Crippen molar-refractivity contribution < 1.29 is 17.9 Å². The highest BCUT2D eigenvalue weighted by Crippen LogP contribution is 2.29. The largest absolute Gasteiger partial charge is 0.495 e. The first kappa shape index (κ1) is 21.7. The third kappa shape index (κ3) is 5.11. The van der Waals surface area contributed by atoms with Crippen molar-refractivity contribution in [2.45, 2.75) is 18.2 Å². The normalized spacial score (nSPS) is 11.0. The van der Waals surface area contributed by atoms with E-state index >= 15 is 0 Å². The summed E-state index contributed by atoms with van der Waals surface area (Å²) in [5.74, 6) is -0.106. The van der Waals surface area contributed by atoms with Crippen LogP contribution < -0.4 is 14.8 Å². The van der Waals surface area contributed by atoms with E-state index in [0.717, 1.165) is 12.0 Å². The fourth-order valence-corrected chi connectivity index (χ4v) is 4.07. The van der Waals surface area contributed by atoms with Crippen LogP contribution in [0.1, 0.15) is 22.8 Å². The molecule has 0 aliphatic rings. The number of carbonyl (C=O) groups excluding carboxylic acids is 1. The van der Waals surface area contributed by atoms with Gasteiger partial charge in [-0.2, -0.15) is 0 Å². The number of nitrogens with one attached hydrogen (secondary N) is 2. The lowest BCUT2D eigenvalue weighted by Gasteiger charge is -2.14. The average Bonchev–Trinajstić information content (AvgIpc) is 2.74. The zero-order valence-electron chi connectivity index (χ0n) is 16.5. The molecule has 0 bridgehead atoms. The van der Waals surface area contributed by atoms with Gasteiger partial charge >= 0.3 is 0 Å². The summed E-state index contributed by atoms with van der Waals surface area (Å²) in [5.41, 5.74) is 2.12. The van der Waals surface area contributed by atoms with Gasteiger partial charge in [0.2, 0.25) is 0 Å². The summed E-state index contributed by atoms with van der Waals surface area (Å²) in [4.78, 5) is 12.5. The molecule has 3 aromatic rings. The van der Waals surface area contributed by atoms with Crippen molar-refractivity contribution >= 4 is 38.9 Å². The number of aryl methyl sites for hydroxylation is 1. The fraction of sp³-hybridized carbons (Fsp3) is 0.136. The zero-order valence-corrected chi connectivity index (χ0v) is 18.0. The molecule has 156 valence electrons. The number of hydrogen-bond acceptors (Lipinski definition) is 4. The van der Waals surface area contributed by atoms with Crippen LogP contribution in [-0.4, -0.2) is 21.4 Å². The lowest BCUT2D eigenvalue weighted by Crippen LogP contribution is -2.16. The van der Waals surface area contributed by atoms with Crippen molar-refractivity contribution in [2.75, 3.05) is 17.1 Å². The van der Waals surface area contributed by atoms with Gasteiger partial charge in [0.1, 0.15) is 5.75 Å². The van der Waals surface area contributed by atoms with Crippen LogP contribution >= 0.6 is 11.6 Å². The molecular formula is C22H21ClN2O4S. The molecular weight excluding hydrogens is 424 g/mol. The lowest BCUT2D eigenvalue weighted by molar-refractivity contribution is 0.102. The minimum atomic E-state index is -3.87. The summed E-state index contributed by atoms with van der Waals surface area (Å²) in [6.45, 7) is 2.02. The van der Waals surface area contributed by atoms with Crippen LogP contribution in [0.5, 0.6) is 5.75 Å². The molecule has 0 unspecified atom stereocenters. The first-order chi connectivity index (χ1) is 14.3.